The summed E-state index contributed by atoms with van der Waals surface area (Å²) in [6.07, 6.45) is 2.12. The Bertz CT molecular complexity index is 740. The summed E-state index contributed by atoms with van der Waals surface area (Å²) >= 11 is 0. The second-order valence-electron chi connectivity index (χ2n) is 5.95. The Labute approximate surface area is 139 Å². The lowest BCUT2D eigenvalue weighted by molar-refractivity contribution is -0.152. The first-order chi connectivity index (χ1) is 11.5. The third-order valence-electron chi connectivity index (χ3n) is 4.15. The van der Waals surface area contributed by atoms with Gasteiger partial charge in [0.2, 0.25) is 11.7 Å². The number of carboxylic acid groups (broad SMARTS) is 1. The zero-order valence-corrected chi connectivity index (χ0v) is 13.4. The van der Waals surface area contributed by atoms with Crippen molar-refractivity contribution < 1.29 is 14.7 Å². The van der Waals surface area contributed by atoms with Crippen LogP contribution in [0.1, 0.15) is 24.8 Å². The lowest BCUT2D eigenvalue weighted by Gasteiger charge is -2.32. The molecule has 1 saturated heterocycles. The number of hydrogen-bond acceptors (Lipinski definition) is 5. The number of aromatic nitrogens is 4. The number of likely N-dealkylation sites (tertiary alicyclic amines) is 1. The van der Waals surface area contributed by atoms with Crippen molar-refractivity contribution in [2.24, 2.45) is 0 Å². The van der Waals surface area contributed by atoms with Gasteiger partial charge in [-0.25, -0.2) is 4.79 Å². The number of hydrogen-bond donors (Lipinski definition) is 1. The third-order valence-corrected chi connectivity index (χ3v) is 4.15. The van der Waals surface area contributed by atoms with E-state index in [9.17, 15) is 14.7 Å². The van der Waals surface area contributed by atoms with Gasteiger partial charge in [0.25, 0.3) is 0 Å². The van der Waals surface area contributed by atoms with Crippen LogP contribution in [0.3, 0.4) is 0 Å². The summed E-state index contributed by atoms with van der Waals surface area (Å²) < 4.78 is 0. The maximum Gasteiger partial charge on any atom is 0.326 e. The minimum Gasteiger partial charge on any atom is -0.480 e. The first kappa shape index (κ1) is 16.1. The first-order valence-electron chi connectivity index (χ1n) is 7.92. The number of aryl methyl sites for hydroxylation is 1. The van der Waals surface area contributed by atoms with Crippen LogP contribution < -0.4 is 0 Å². The van der Waals surface area contributed by atoms with Gasteiger partial charge in [-0.3, -0.25) is 4.79 Å². The van der Waals surface area contributed by atoms with E-state index in [2.05, 4.69) is 15.4 Å². The van der Waals surface area contributed by atoms with Gasteiger partial charge in [0.1, 0.15) is 12.6 Å². The molecular formula is C16H19N5O3. The van der Waals surface area contributed by atoms with E-state index in [1.165, 1.54) is 9.70 Å². The maximum absolute atomic E-state index is 12.4. The average molecular weight is 329 g/mol. The Balaban J connectivity index is 1.70. The quantitative estimate of drug-likeness (QED) is 0.902. The number of nitrogens with zero attached hydrogens (tertiary/aromatic N) is 5. The Hall–Kier alpha value is -2.77. The molecule has 1 fully saturated rings. The van der Waals surface area contributed by atoms with Crippen LogP contribution in [0.2, 0.25) is 0 Å². The molecule has 0 aliphatic carbocycles. The van der Waals surface area contributed by atoms with E-state index >= 15 is 0 Å². The summed E-state index contributed by atoms with van der Waals surface area (Å²) in [4.78, 5) is 26.3. The largest absolute Gasteiger partial charge is 0.480 e. The van der Waals surface area contributed by atoms with Gasteiger partial charge >= 0.3 is 5.97 Å². The molecule has 1 aromatic carbocycles. The Morgan fingerprint density at radius 2 is 2.00 bits per heavy atom. The molecule has 1 aliphatic rings. The van der Waals surface area contributed by atoms with E-state index in [4.69, 9.17) is 0 Å². The lowest BCUT2D eigenvalue weighted by atomic mass is 10.0. The minimum absolute atomic E-state index is 0.108. The Kier molecular flexibility index (Phi) is 4.54. The van der Waals surface area contributed by atoms with E-state index in [1.807, 2.05) is 31.2 Å². The van der Waals surface area contributed by atoms with Crippen LogP contribution in [-0.2, 0) is 16.1 Å². The van der Waals surface area contributed by atoms with Crippen LogP contribution in [-0.4, -0.2) is 54.7 Å². The van der Waals surface area contributed by atoms with Gasteiger partial charge in [-0.2, -0.15) is 4.80 Å². The summed E-state index contributed by atoms with van der Waals surface area (Å²) in [5.41, 5.74) is 1.95. The van der Waals surface area contributed by atoms with Crippen molar-refractivity contribution in [3.8, 4) is 11.4 Å². The van der Waals surface area contributed by atoms with Gasteiger partial charge in [0, 0.05) is 12.1 Å². The van der Waals surface area contributed by atoms with E-state index < -0.39 is 12.0 Å². The molecule has 1 aromatic heterocycles. The smallest absolute Gasteiger partial charge is 0.326 e. The molecule has 1 amide bonds. The highest BCUT2D eigenvalue weighted by Crippen LogP contribution is 2.18. The standard InChI is InChI=1S/C16H19N5O3/c1-11-5-7-12(8-6-11)15-17-19-21(18-15)10-14(22)20-9-3-2-4-13(20)16(23)24/h5-8,13H,2-4,9-10H2,1H3,(H,23,24). The van der Waals surface area contributed by atoms with E-state index in [0.29, 0.717) is 18.8 Å². The molecule has 0 radical (unpaired) electrons. The number of tetrazole rings is 1. The number of amides is 1. The number of piperidine rings is 1. The molecule has 3 rings (SSSR count). The van der Waals surface area contributed by atoms with E-state index in [1.54, 1.807) is 0 Å². The fourth-order valence-corrected chi connectivity index (χ4v) is 2.83. The molecule has 126 valence electrons. The number of carbonyl (C=O) groups is 2. The Morgan fingerprint density at radius 1 is 1.25 bits per heavy atom. The van der Waals surface area contributed by atoms with Crippen LogP contribution >= 0.6 is 0 Å². The molecule has 0 bridgehead atoms. The zero-order valence-electron chi connectivity index (χ0n) is 13.4. The number of aliphatic carboxylic acids is 1. The highest BCUT2D eigenvalue weighted by atomic mass is 16.4. The Morgan fingerprint density at radius 3 is 2.71 bits per heavy atom. The molecule has 1 N–H and O–H groups in total. The van der Waals surface area contributed by atoms with Gasteiger partial charge in [-0.05, 0) is 31.4 Å². The van der Waals surface area contributed by atoms with Crippen LogP contribution in [0.4, 0.5) is 0 Å². The van der Waals surface area contributed by atoms with Crippen molar-refractivity contribution in [2.75, 3.05) is 6.54 Å². The predicted octanol–water partition coefficient (Wildman–Crippen LogP) is 1.11. The van der Waals surface area contributed by atoms with Crippen LogP contribution in [0.25, 0.3) is 11.4 Å². The fraction of sp³-hybridized carbons (Fsp3) is 0.438. The second-order valence-corrected chi connectivity index (χ2v) is 5.95. The molecule has 0 spiro atoms. The lowest BCUT2D eigenvalue weighted by Crippen LogP contribution is -2.49. The van der Waals surface area contributed by atoms with Crippen LogP contribution in [0.5, 0.6) is 0 Å². The SMILES string of the molecule is Cc1ccc(-c2nnn(CC(=O)N3CCCCC3C(=O)O)n2)cc1. The van der Waals surface area contributed by atoms with Crippen molar-refractivity contribution in [1.82, 2.24) is 25.1 Å². The minimum atomic E-state index is -0.963. The van der Waals surface area contributed by atoms with Gasteiger partial charge in [0.15, 0.2) is 0 Å². The van der Waals surface area contributed by atoms with Crippen LogP contribution in [0.15, 0.2) is 24.3 Å². The molecule has 1 atom stereocenters. The summed E-state index contributed by atoms with van der Waals surface area (Å²) in [6.45, 7) is 2.34. The topological polar surface area (TPSA) is 101 Å². The molecule has 8 nitrogen and oxygen atoms in total. The van der Waals surface area contributed by atoms with Gasteiger partial charge in [-0.1, -0.05) is 29.8 Å². The molecule has 2 heterocycles. The third kappa shape index (κ3) is 3.42. The molecule has 2 aromatic rings. The van der Waals surface area contributed by atoms with Crippen molar-refractivity contribution in [2.45, 2.75) is 38.8 Å². The predicted molar refractivity (Wildman–Crippen MR) is 85.0 cm³/mol. The summed E-state index contributed by atoms with van der Waals surface area (Å²) in [5.74, 6) is -0.818. The summed E-state index contributed by atoms with van der Waals surface area (Å²) in [7, 11) is 0. The summed E-state index contributed by atoms with van der Waals surface area (Å²) in [5, 5.41) is 21.3. The fourth-order valence-electron chi connectivity index (χ4n) is 2.83. The van der Waals surface area contributed by atoms with Gasteiger partial charge in [0.05, 0.1) is 0 Å². The summed E-state index contributed by atoms with van der Waals surface area (Å²) in [6, 6.07) is 6.93. The van der Waals surface area contributed by atoms with Crippen molar-refractivity contribution in [3.05, 3.63) is 29.8 Å². The molecular weight excluding hydrogens is 310 g/mol. The number of carboxylic acids is 1. The number of carbonyl (C=O) groups excluding carboxylic acids is 1. The van der Waals surface area contributed by atoms with Crippen molar-refractivity contribution >= 4 is 11.9 Å². The van der Waals surface area contributed by atoms with Gasteiger partial charge < -0.3 is 10.0 Å². The maximum atomic E-state index is 12.4. The first-order valence-corrected chi connectivity index (χ1v) is 7.92. The van der Waals surface area contributed by atoms with Crippen molar-refractivity contribution in [1.29, 1.82) is 0 Å². The second kappa shape index (κ2) is 6.77. The highest BCUT2D eigenvalue weighted by Gasteiger charge is 2.32. The number of benzene rings is 1. The molecule has 8 heteroatoms. The molecule has 1 aliphatic heterocycles. The molecule has 1 unspecified atom stereocenters. The highest BCUT2D eigenvalue weighted by molar-refractivity contribution is 5.83. The van der Waals surface area contributed by atoms with Crippen molar-refractivity contribution in [3.63, 3.8) is 0 Å². The molecule has 0 saturated carbocycles. The van der Waals surface area contributed by atoms with Gasteiger partial charge in [-0.15, -0.1) is 10.2 Å². The molecule has 24 heavy (non-hydrogen) atoms. The van der Waals surface area contributed by atoms with E-state index in [0.717, 1.165) is 24.0 Å². The van der Waals surface area contributed by atoms with E-state index in [-0.39, 0.29) is 12.5 Å². The van der Waals surface area contributed by atoms with Crippen LogP contribution in [0, 0.1) is 6.92 Å². The number of rotatable bonds is 4. The normalized spacial score (nSPS) is 17.7. The monoisotopic (exact) mass is 329 g/mol. The average Bonchev–Trinajstić information content (AvgIpc) is 3.04. The zero-order chi connectivity index (χ0) is 17.1.